The van der Waals surface area contributed by atoms with Crippen molar-refractivity contribution < 1.29 is 4.79 Å². The Balaban J connectivity index is 2.14. The Morgan fingerprint density at radius 1 is 1.53 bits per heavy atom. The molecule has 1 N–H and O–H groups in total. The third kappa shape index (κ3) is 3.29. The lowest BCUT2D eigenvalue weighted by atomic mass is 10.2. The molecule has 19 heavy (non-hydrogen) atoms. The Morgan fingerprint density at radius 2 is 2.37 bits per heavy atom. The monoisotopic (exact) mass is 276 g/mol. The molecule has 1 amide bonds. The van der Waals surface area contributed by atoms with Gasteiger partial charge in [0, 0.05) is 25.2 Å². The van der Waals surface area contributed by atoms with Crippen LogP contribution >= 0.6 is 11.3 Å². The van der Waals surface area contributed by atoms with Crippen molar-refractivity contribution in [1.82, 2.24) is 14.9 Å². The molecule has 5 nitrogen and oxygen atoms in total. The minimum atomic E-state index is -0.0358. The standard InChI is InChI=1S/C13H16N4OS/c1-3-15-12-6-14-5-4-11(12)13(18)17(2)7-10-8-19-9-16-10/h4-6,8-9,15H,3,7H2,1-2H3. The molecule has 6 heteroatoms. The molecule has 0 spiro atoms. The normalized spacial score (nSPS) is 10.2. The van der Waals surface area contributed by atoms with Gasteiger partial charge in [-0.2, -0.15) is 0 Å². The second-order valence-corrected chi connectivity index (χ2v) is 4.81. The van der Waals surface area contributed by atoms with Crippen molar-refractivity contribution in [2.24, 2.45) is 0 Å². The van der Waals surface area contributed by atoms with Crippen molar-refractivity contribution in [1.29, 1.82) is 0 Å². The van der Waals surface area contributed by atoms with Crippen LogP contribution in [0.5, 0.6) is 0 Å². The third-order valence-electron chi connectivity index (χ3n) is 2.65. The first-order valence-electron chi connectivity index (χ1n) is 6.02. The van der Waals surface area contributed by atoms with Crippen LogP contribution in [0.2, 0.25) is 0 Å². The number of nitrogens with one attached hydrogen (secondary N) is 1. The van der Waals surface area contributed by atoms with Crippen molar-refractivity contribution in [2.45, 2.75) is 13.5 Å². The van der Waals surface area contributed by atoms with Gasteiger partial charge in [-0.25, -0.2) is 4.98 Å². The number of carbonyl (C=O) groups is 1. The smallest absolute Gasteiger partial charge is 0.256 e. The van der Waals surface area contributed by atoms with E-state index < -0.39 is 0 Å². The van der Waals surface area contributed by atoms with E-state index in [0.29, 0.717) is 12.1 Å². The molecule has 0 fully saturated rings. The number of thiazole rings is 1. The maximum absolute atomic E-state index is 12.4. The molecule has 0 atom stereocenters. The second kappa shape index (κ2) is 6.29. The summed E-state index contributed by atoms with van der Waals surface area (Å²) in [6.45, 7) is 3.25. The number of pyridine rings is 1. The van der Waals surface area contributed by atoms with Gasteiger partial charge in [0.2, 0.25) is 0 Å². The van der Waals surface area contributed by atoms with Crippen LogP contribution in [0.25, 0.3) is 0 Å². The Bertz CT molecular complexity index is 541. The van der Waals surface area contributed by atoms with E-state index >= 15 is 0 Å². The number of hydrogen-bond donors (Lipinski definition) is 1. The first-order chi connectivity index (χ1) is 9.22. The van der Waals surface area contributed by atoms with Crippen LogP contribution in [0.4, 0.5) is 5.69 Å². The van der Waals surface area contributed by atoms with Crippen LogP contribution in [0.15, 0.2) is 29.4 Å². The number of amides is 1. The summed E-state index contributed by atoms with van der Waals surface area (Å²) in [4.78, 5) is 22.3. The summed E-state index contributed by atoms with van der Waals surface area (Å²) in [5, 5.41) is 5.09. The zero-order chi connectivity index (χ0) is 13.7. The van der Waals surface area contributed by atoms with Gasteiger partial charge in [0.05, 0.1) is 35.2 Å². The van der Waals surface area contributed by atoms with E-state index in [1.807, 2.05) is 12.3 Å². The molecule has 0 aliphatic rings. The van der Waals surface area contributed by atoms with Gasteiger partial charge in [-0.3, -0.25) is 9.78 Å². The van der Waals surface area contributed by atoms with Crippen molar-refractivity contribution in [2.75, 3.05) is 18.9 Å². The van der Waals surface area contributed by atoms with E-state index in [9.17, 15) is 4.79 Å². The van der Waals surface area contributed by atoms with Gasteiger partial charge in [-0.15, -0.1) is 11.3 Å². The van der Waals surface area contributed by atoms with E-state index in [4.69, 9.17) is 0 Å². The summed E-state index contributed by atoms with van der Waals surface area (Å²) in [7, 11) is 1.78. The molecule has 2 aromatic rings. The highest BCUT2D eigenvalue weighted by atomic mass is 32.1. The summed E-state index contributed by atoms with van der Waals surface area (Å²) in [5.74, 6) is -0.0358. The fourth-order valence-electron chi connectivity index (χ4n) is 1.75. The van der Waals surface area contributed by atoms with Crippen LogP contribution in [0.1, 0.15) is 23.0 Å². The third-order valence-corrected chi connectivity index (χ3v) is 3.28. The van der Waals surface area contributed by atoms with Crippen molar-refractivity contribution in [3.8, 4) is 0 Å². The van der Waals surface area contributed by atoms with E-state index in [0.717, 1.165) is 17.9 Å². The van der Waals surface area contributed by atoms with Crippen molar-refractivity contribution >= 4 is 22.9 Å². The zero-order valence-electron chi connectivity index (χ0n) is 11.0. The molecule has 2 heterocycles. The van der Waals surface area contributed by atoms with E-state index in [2.05, 4.69) is 15.3 Å². The molecule has 0 bridgehead atoms. The van der Waals surface area contributed by atoms with E-state index in [1.54, 1.807) is 35.9 Å². The summed E-state index contributed by atoms with van der Waals surface area (Å²) < 4.78 is 0. The number of anilines is 1. The minimum Gasteiger partial charge on any atom is -0.383 e. The predicted octanol–water partition coefficient (Wildman–Crippen LogP) is 2.24. The first-order valence-corrected chi connectivity index (χ1v) is 6.97. The number of carbonyl (C=O) groups excluding carboxylic acids is 1. The van der Waals surface area contributed by atoms with Crippen LogP contribution < -0.4 is 5.32 Å². The SMILES string of the molecule is CCNc1cnccc1C(=O)N(C)Cc1cscn1. The highest BCUT2D eigenvalue weighted by Crippen LogP contribution is 2.16. The van der Waals surface area contributed by atoms with E-state index in [1.165, 1.54) is 11.3 Å². The van der Waals surface area contributed by atoms with Crippen molar-refractivity contribution in [3.63, 3.8) is 0 Å². The lowest BCUT2D eigenvalue weighted by Crippen LogP contribution is -2.27. The summed E-state index contributed by atoms with van der Waals surface area (Å²) in [5.41, 5.74) is 4.07. The van der Waals surface area contributed by atoms with Crippen LogP contribution in [0.3, 0.4) is 0 Å². The molecule has 0 aliphatic carbocycles. The van der Waals surface area contributed by atoms with Gasteiger partial charge in [0.1, 0.15) is 0 Å². The summed E-state index contributed by atoms with van der Waals surface area (Å²) in [6.07, 6.45) is 3.30. The fourth-order valence-corrected chi connectivity index (χ4v) is 2.30. The van der Waals surface area contributed by atoms with Crippen LogP contribution in [-0.4, -0.2) is 34.4 Å². The number of aromatic nitrogens is 2. The number of rotatable bonds is 5. The van der Waals surface area contributed by atoms with Crippen LogP contribution in [0, 0.1) is 0 Å². The molecular formula is C13H16N4OS. The first kappa shape index (κ1) is 13.5. The Hall–Kier alpha value is -1.95. The molecule has 0 aromatic carbocycles. The highest BCUT2D eigenvalue weighted by molar-refractivity contribution is 7.07. The number of hydrogen-bond acceptors (Lipinski definition) is 5. The molecule has 0 radical (unpaired) electrons. The minimum absolute atomic E-state index is 0.0358. The maximum Gasteiger partial charge on any atom is 0.256 e. The largest absolute Gasteiger partial charge is 0.383 e. The summed E-state index contributed by atoms with van der Waals surface area (Å²) in [6, 6.07) is 1.73. The average Bonchev–Trinajstić information content (AvgIpc) is 2.92. The molecular weight excluding hydrogens is 260 g/mol. The molecule has 0 saturated heterocycles. The van der Waals surface area contributed by atoms with Gasteiger partial charge in [0.15, 0.2) is 0 Å². The van der Waals surface area contributed by atoms with Gasteiger partial charge in [-0.1, -0.05) is 0 Å². The van der Waals surface area contributed by atoms with E-state index in [-0.39, 0.29) is 5.91 Å². The second-order valence-electron chi connectivity index (χ2n) is 4.09. The van der Waals surface area contributed by atoms with Crippen molar-refractivity contribution in [3.05, 3.63) is 40.6 Å². The number of nitrogens with zero attached hydrogens (tertiary/aromatic N) is 3. The molecule has 0 saturated carbocycles. The van der Waals surface area contributed by atoms with Gasteiger partial charge >= 0.3 is 0 Å². The quantitative estimate of drug-likeness (QED) is 0.910. The Kier molecular flexibility index (Phi) is 4.46. The summed E-state index contributed by atoms with van der Waals surface area (Å²) >= 11 is 1.53. The molecule has 2 aromatic heterocycles. The topological polar surface area (TPSA) is 58.1 Å². The van der Waals surface area contributed by atoms with Crippen LogP contribution in [-0.2, 0) is 6.54 Å². The zero-order valence-corrected chi connectivity index (χ0v) is 11.8. The van der Waals surface area contributed by atoms with Gasteiger partial charge in [-0.05, 0) is 13.0 Å². The maximum atomic E-state index is 12.4. The molecule has 0 unspecified atom stereocenters. The Labute approximate surface area is 116 Å². The van der Waals surface area contributed by atoms with Gasteiger partial charge in [0.25, 0.3) is 5.91 Å². The highest BCUT2D eigenvalue weighted by Gasteiger charge is 2.16. The Morgan fingerprint density at radius 3 is 3.05 bits per heavy atom. The fraction of sp³-hybridized carbons (Fsp3) is 0.308. The molecule has 100 valence electrons. The lowest BCUT2D eigenvalue weighted by Gasteiger charge is -2.18. The van der Waals surface area contributed by atoms with Gasteiger partial charge < -0.3 is 10.2 Å². The average molecular weight is 276 g/mol. The lowest BCUT2D eigenvalue weighted by molar-refractivity contribution is 0.0784. The molecule has 2 rings (SSSR count). The predicted molar refractivity (Wildman–Crippen MR) is 76.3 cm³/mol. The molecule has 0 aliphatic heterocycles.